The van der Waals surface area contributed by atoms with Gasteiger partial charge in [-0.1, -0.05) is 12.1 Å². The number of amides is 1. The molecule has 1 aliphatic carbocycles. The molecule has 4 aromatic rings. The number of nitrogens with zero attached hydrogens (tertiary/aromatic N) is 3. The molecule has 42 heavy (non-hydrogen) atoms. The molecule has 0 spiro atoms. The predicted octanol–water partition coefficient (Wildman–Crippen LogP) is 4.93. The van der Waals surface area contributed by atoms with Gasteiger partial charge in [-0.25, -0.2) is 13.4 Å². The maximum atomic E-state index is 13.1. The van der Waals surface area contributed by atoms with Crippen LogP contribution in [0.2, 0.25) is 0 Å². The summed E-state index contributed by atoms with van der Waals surface area (Å²) in [6.45, 7) is 2.87. The van der Waals surface area contributed by atoms with E-state index in [-0.39, 0.29) is 28.8 Å². The van der Waals surface area contributed by atoms with Gasteiger partial charge in [0.25, 0.3) is 11.5 Å². The smallest absolute Gasteiger partial charge is 0.293 e. The number of sulfone groups is 1. The Hall–Kier alpha value is -3.96. The maximum Gasteiger partial charge on any atom is 0.293 e. The van der Waals surface area contributed by atoms with Crippen molar-refractivity contribution in [1.29, 1.82) is 0 Å². The molecule has 2 aromatic heterocycles. The maximum absolute atomic E-state index is 13.1. The number of hydrogen-bond donors (Lipinski definition) is 2. The van der Waals surface area contributed by atoms with Crippen LogP contribution in [0, 0.1) is 6.92 Å². The second kappa shape index (κ2) is 11.4. The Morgan fingerprint density at radius 1 is 1.02 bits per heavy atom. The Morgan fingerprint density at radius 3 is 2.50 bits per heavy atom. The van der Waals surface area contributed by atoms with E-state index in [0.29, 0.717) is 30.2 Å². The van der Waals surface area contributed by atoms with Gasteiger partial charge in [-0.15, -0.1) is 11.3 Å². The Balaban J connectivity index is 1.22. The fourth-order valence-electron chi connectivity index (χ4n) is 5.52. The zero-order valence-electron chi connectivity index (χ0n) is 23.6. The quantitative estimate of drug-likeness (QED) is 0.321. The van der Waals surface area contributed by atoms with Crippen molar-refractivity contribution in [3.8, 4) is 11.3 Å². The van der Waals surface area contributed by atoms with Crippen LogP contribution in [0.25, 0.3) is 11.3 Å². The zero-order valence-corrected chi connectivity index (χ0v) is 25.3. The average Bonchev–Trinajstić information content (AvgIpc) is 3.42. The molecule has 1 aliphatic heterocycles. The molecular formula is C31H33N5O4S2. The summed E-state index contributed by atoms with van der Waals surface area (Å²) in [6.07, 6.45) is 6.14. The second-order valence-corrected chi connectivity index (χ2v) is 14.3. The van der Waals surface area contributed by atoms with Crippen LogP contribution in [0.1, 0.15) is 38.5 Å². The van der Waals surface area contributed by atoms with Gasteiger partial charge in [0.05, 0.1) is 22.1 Å². The normalized spacial score (nSPS) is 16.1. The number of fused-ring (bicyclic) bond motifs is 1. The zero-order chi connectivity index (χ0) is 29.4. The van der Waals surface area contributed by atoms with Crippen molar-refractivity contribution in [3.63, 3.8) is 0 Å². The van der Waals surface area contributed by atoms with Crippen molar-refractivity contribution in [2.75, 3.05) is 40.1 Å². The van der Waals surface area contributed by atoms with Crippen molar-refractivity contribution < 1.29 is 13.2 Å². The standard InChI is InChI=1S/C31H33N5O4S2/c1-20-24(7-5-8-25(20)34-30(37)28-18-21-6-3-4-9-27(21)41-28)26-19-35(2)31(38)29(33-26)32-22-10-12-23(13-11-22)36-14-16-42(39,40)17-15-36/h5,7-8,10-13,18-19H,3-4,6,9,14-17H2,1-2H3,(H,32,33)(H,34,37). The van der Waals surface area contributed by atoms with E-state index >= 15 is 0 Å². The van der Waals surface area contributed by atoms with Gasteiger partial charge >= 0.3 is 0 Å². The lowest BCUT2D eigenvalue weighted by atomic mass is 9.99. The van der Waals surface area contributed by atoms with Crippen LogP contribution in [0.3, 0.4) is 0 Å². The average molecular weight is 604 g/mol. The third-order valence-corrected chi connectivity index (χ3v) is 10.8. The summed E-state index contributed by atoms with van der Waals surface area (Å²) in [5, 5.41) is 6.24. The molecule has 0 radical (unpaired) electrons. The number of carbonyl (C=O) groups excluding carboxylic acids is 1. The van der Waals surface area contributed by atoms with E-state index in [0.717, 1.165) is 34.5 Å². The van der Waals surface area contributed by atoms with Crippen LogP contribution in [0.4, 0.5) is 22.9 Å². The van der Waals surface area contributed by atoms with E-state index < -0.39 is 9.84 Å². The number of benzene rings is 2. The highest BCUT2D eigenvalue weighted by molar-refractivity contribution is 7.91. The van der Waals surface area contributed by atoms with Crippen LogP contribution in [-0.2, 0) is 29.7 Å². The molecule has 11 heteroatoms. The Bertz CT molecular complexity index is 1790. The SMILES string of the molecule is Cc1c(NC(=O)c2cc3c(s2)CCCC3)cccc1-c1cn(C)c(=O)c(Nc2ccc(N3CCS(=O)(=O)CC3)cc2)n1. The van der Waals surface area contributed by atoms with Crippen LogP contribution in [-0.4, -0.2) is 48.5 Å². The molecule has 1 amide bonds. The summed E-state index contributed by atoms with van der Waals surface area (Å²) in [4.78, 5) is 34.9. The Morgan fingerprint density at radius 2 is 1.76 bits per heavy atom. The first kappa shape index (κ1) is 28.2. The lowest BCUT2D eigenvalue weighted by Gasteiger charge is -2.28. The summed E-state index contributed by atoms with van der Waals surface area (Å²) in [6, 6.07) is 15.3. The summed E-state index contributed by atoms with van der Waals surface area (Å²) >= 11 is 1.59. The molecule has 1 saturated heterocycles. The van der Waals surface area contributed by atoms with Gasteiger partial charge in [-0.05, 0) is 80.1 Å². The van der Waals surface area contributed by atoms with Crippen LogP contribution < -0.4 is 21.1 Å². The first-order valence-electron chi connectivity index (χ1n) is 14.1. The molecule has 1 fully saturated rings. The highest BCUT2D eigenvalue weighted by Gasteiger charge is 2.22. The fourth-order valence-corrected chi connectivity index (χ4v) is 7.87. The summed E-state index contributed by atoms with van der Waals surface area (Å²) in [5.74, 6) is 0.379. The van der Waals surface area contributed by atoms with Crippen molar-refractivity contribution in [2.24, 2.45) is 7.05 Å². The minimum Gasteiger partial charge on any atom is -0.369 e. The minimum absolute atomic E-state index is 0.111. The molecule has 9 nitrogen and oxygen atoms in total. The van der Waals surface area contributed by atoms with E-state index in [1.54, 1.807) is 24.6 Å². The summed E-state index contributed by atoms with van der Waals surface area (Å²) in [5.41, 5.74) is 5.63. The topological polar surface area (TPSA) is 113 Å². The molecule has 0 unspecified atom stereocenters. The number of aromatic nitrogens is 2. The van der Waals surface area contributed by atoms with Gasteiger partial charge in [0, 0.05) is 53.8 Å². The van der Waals surface area contributed by atoms with Crippen molar-refractivity contribution in [3.05, 3.63) is 86.0 Å². The molecule has 2 N–H and O–H groups in total. The fraction of sp³-hybridized carbons (Fsp3) is 0.323. The largest absolute Gasteiger partial charge is 0.369 e. The van der Waals surface area contributed by atoms with Gasteiger partial charge in [0.2, 0.25) is 0 Å². The van der Waals surface area contributed by atoms with Gasteiger partial charge in [-0.2, -0.15) is 0 Å². The molecule has 0 saturated carbocycles. The van der Waals surface area contributed by atoms with E-state index in [4.69, 9.17) is 0 Å². The number of rotatable bonds is 6. The third-order valence-electron chi connectivity index (χ3n) is 7.99. The lowest BCUT2D eigenvalue weighted by Crippen LogP contribution is -2.40. The molecule has 0 bridgehead atoms. The van der Waals surface area contributed by atoms with Gasteiger partial charge in [-0.3, -0.25) is 9.59 Å². The molecule has 218 valence electrons. The lowest BCUT2D eigenvalue weighted by molar-refractivity contribution is 0.103. The van der Waals surface area contributed by atoms with Gasteiger partial charge < -0.3 is 20.1 Å². The highest BCUT2D eigenvalue weighted by atomic mass is 32.2. The van der Waals surface area contributed by atoms with Crippen LogP contribution >= 0.6 is 11.3 Å². The summed E-state index contributed by atoms with van der Waals surface area (Å²) < 4.78 is 25.0. The Kier molecular flexibility index (Phi) is 7.63. The predicted molar refractivity (Wildman–Crippen MR) is 169 cm³/mol. The molecular weight excluding hydrogens is 571 g/mol. The van der Waals surface area contributed by atoms with Crippen molar-refractivity contribution in [2.45, 2.75) is 32.6 Å². The van der Waals surface area contributed by atoms with E-state index in [1.165, 1.54) is 27.8 Å². The van der Waals surface area contributed by atoms with Gasteiger partial charge in [0.15, 0.2) is 15.7 Å². The second-order valence-electron chi connectivity index (χ2n) is 10.9. The first-order valence-corrected chi connectivity index (χ1v) is 16.7. The van der Waals surface area contributed by atoms with Crippen molar-refractivity contribution >= 4 is 50.0 Å². The summed E-state index contributed by atoms with van der Waals surface area (Å²) in [7, 11) is -1.27. The first-order chi connectivity index (χ1) is 20.2. The number of anilines is 4. The molecule has 2 aromatic carbocycles. The van der Waals surface area contributed by atoms with Crippen molar-refractivity contribution in [1.82, 2.24) is 9.55 Å². The number of aryl methyl sites for hydroxylation is 3. The number of carbonyl (C=O) groups is 1. The van der Waals surface area contributed by atoms with E-state index in [1.807, 2.05) is 60.4 Å². The highest BCUT2D eigenvalue weighted by Crippen LogP contribution is 2.32. The number of nitrogens with one attached hydrogen (secondary N) is 2. The molecule has 6 rings (SSSR count). The number of thiophene rings is 1. The minimum atomic E-state index is -2.95. The monoisotopic (exact) mass is 603 g/mol. The van der Waals surface area contributed by atoms with Crippen LogP contribution in [0.5, 0.6) is 0 Å². The number of hydrogen-bond acceptors (Lipinski definition) is 8. The third kappa shape index (κ3) is 5.84. The molecule has 3 heterocycles. The molecule has 0 atom stereocenters. The van der Waals surface area contributed by atoms with Crippen LogP contribution in [0.15, 0.2) is 59.5 Å². The molecule has 2 aliphatic rings. The van der Waals surface area contributed by atoms with E-state index in [9.17, 15) is 18.0 Å². The van der Waals surface area contributed by atoms with Gasteiger partial charge in [0.1, 0.15) is 0 Å². The van der Waals surface area contributed by atoms with E-state index in [2.05, 4.69) is 15.6 Å². The Labute approximate surface area is 249 Å².